The van der Waals surface area contributed by atoms with E-state index >= 15 is 0 Å². The summed E-state index contributed by atoms with van der Waals surface area (Å²) in [5.41, 5.74) is 0. The summed E-state index contributed by atoms with van der Waals surface area (Å²) in [5, 5.41) is 10.3. The summed E-state index contributed by atoms with van der Waals surface area (Å²) in [6.45, 7) is 4.19. The van der Waals surface area contributed by atoms with Crippen molar-refractivity contribution >= 4 is 29.9 Å². The maximum atomic E-state index is 5.91. The SMILES string of the molecule is CN=C(NCCCOC1CCCCC1)NCCc1nc(C)no1.I. The minimum Gasteiger partial charge on any atom is -0.378 e. The molecule has 2 rings (SSSR count). The van der Waals surface area contributed by atoms with Gasteiger partial charge in [-0.3, -0.25) is 4.99 Å². The number of halogens is 1. The molecule has 0 spiro atoms. The molecular weight excluding hydrogens is 421 g/mol. The van der Waals surface area contributed by atoms with Gasteiger partial charge in [0.25, 0.3) is 0 Å². The van der Waals surface area contributed by atoms with Crippen LogP contribution in [0.3, 0.4) is 0 Å². The molecule has 0 bridgehead atoms. The predicted molar refractivity (Wildman–Crippen MR) is 105 cm³/mol. The van der Waals surface area contributed by atoms with Crippen LogP contribution >= 0.6 is 24.0 Å². The number of hydrogen-bond acceptors (Lipinski definition) is 5. The molecule has 7 nitrogen and oxygen atoms in total. The molecule has 2 N–H and O–H groups in total. The summed E-state index contributed by atoms with van der Waals surface area (Å²) >= 11 is 0. The first kappa shape index (κ1) is 21.1. The van der Waals surface area contributed by atoms with Crippen LogP contribution in [0.4, 0.5) is 0 Å². The van der Waals surface area contributed by atoms with E-state index < -0.39 is 0 Å². The van der Waals surface area contributed by atoms with Crippen LogP contribution in [-0.4, -0.2) is 48.9 Å². The van der Waals surface area contributed by atoms with Gasteiger partial charge in [0.05, 0.1) is 6.10 Å². The normalized spacial score (nSPS) is 15.8. The minimum absolute atomic E-state index is 0. The van der Waals surface area contributed by atoms with Crippen molar-refractivity contribution in [2.45, 2.75) is 58.0 Å². The van der Waals surface area contributed by atoms with Crippen molar-refractivity contribution in [1.29, 1.82) is 0 Å². The highest BCUT2D eigenvalue weighted by atomic mass is 127. The first-order chi connectivity index (χ1) is 11.3. The van der Waals surface area contributed by atoms with Crippen LogP contribution in [0.25, 0.3) is 0 Å². The molecule has 0 aromatic carbocycles. The van der Waals surface area contributed by atoms with Gasteiger partial charge in [-0.2, -0.15) is 4.98 Å². The highest BCUT2D eigenvalue weighted by molar-refractivity contribution is 14.0. The quantitative estimate of drug-likeness (QED) is 0.274. The van der Waals surface area contributed by atoms with Crippen molar-refractivity contribution in [3.8, 4) is 0 Å². The maximum absolute atomic E-state index is 5.91. The number of hydrogen-bond donors (Lipinski definition) is 2. The molecule has 138 valence electrons. The lowest BCUT2D eigenvalue weighted by Gasteiger charge is -2.22. The van der Waals surface area contributed by atoms with Crippen LogP contribution in [0.2, 0.25) is 0 Å². The molecule has 1 heterocycles. The lowest BCUT2D eigenvalue weighted by molar-refractivity contribution is 0.0277. The zero-order valence-electron chi connectivity index (χ0n) is 14.7. The highest BCUT2D eigenvalue weighted by Crippen LogP contribution is 2.20. The van der Waals surface area contributed by atoms with E-state index in [0.717, 1.165) is 25.5 Å². The van der Waals surface area contributed by atoms with Gasteiger partial charge in [0.15, 0.2) is 11.8 Å². The molecule has 1 saturated carbocycles. The van der Waals surface area contributed by atoms with Crippen LogP contribution in [-0.2, 0) is 11.2 Å². The van der Waals surface area contributed by atoms with Crippen LogP contribution in [0.5, 0.6) is 0 Å². The number of aliphatic imine (C=N–C) groups is 1. The fraction of sp³-hybridized carbons (Fsp3) is 0.812. The van der Waals surface area contributed by atoms with Crippen LogP contribution < -0.4 is 10.6 Å². The fourth-order valence-corrected chi connectivity index (χ4v) is 2.71. The molecular formula is C16H30IN5O2. The van der Waals surface area contributed by atoms with Gasteiger partial charge >= 0.3 is 0 Å². The van der Waals surface area contributed by atoms with Crippen molar-refractivity contribution in [3.05, 3.63) is 11.7 Å². The Morgan fingerprint density at radius 2 is 2.00 bits per heavy atom. The summed E-state index contributed by atoms with van der Waals surface area (Å²) < 4.78 is 11.0. The lowest BCUT2D eigenvalue weighted by atomic mass is 9.98. The first-order valence-electron chi connectivity index (χ1n) is 8.63. The van der Waals surface area contributed by atoms with Gasteiger partial charge in [-0.1, -0.05) is 24.4 Å². The van der Waals surface area contributed by atoms with E-state index in [2.05, 4.69) is 25.8 Å². The molecule has 1 fully saturated rings. The second kappa shape index (κ2) is 12.5. The van der Waals surface area contributed by atoms with Crippen molar-refractivity contribution in [2.75, 3.05) is 26.7 Å². The Bertz CT molecular complexity index is 475. The summed E-state index contributed by atoms with van der Waals surface area (Å²) in [6, 6.07) is 0. The van der Waals surface area contributed by atoms with Gasteiger partial charge < -0.3 is 19.9 Å². The molecule has 0 aliphatic heterocycles. The molecule has 1 aromatic rings. The van der Waals surface area contributed by atoms with Crippen LogP contribution in [0.15, 0.2) is 9.52 Å². The fourth-order valence-electron chi connectivity index (χ4n) is 2.71. The number of guanidine groups is 1. The third-order valence-corrected chi connectivity index (χ3v) is 3.94. The lowest BCUT2D eigenvalue weighted by Crippen LogP contribution is -2.39. The number of aromatic nitrogens is 2. The number of nitrogens with one attached hydrogen (secondary N) is 2. The third kappa shape index (κ3) is 8.27. The Balaban J connectivity index is 0.00000288. The van der Waals surface area contributed by atoms with Crippen LogP contribution in [0.1, 0.15) is 50.2 Å². The van der Waals surface area contributed by atoms with E-state index in [9.17, 15) is 0 Å². The van der Waals surface area contributed by atoms with Crippen molar-refractivity contribution in [1.82, 2.24) is 20.8 Å². The number of nitrogens with zero attached hydrogens (tertiary/aromatic N) is 3. The standard InChI is InChI=1S/C16H29N5O2.HI/c1-13-20-15(23-21-13)9-11-19-16(17-2)18-10-6-12-22-14-7-4-3-5-8-14;/h14H,3-12H2,1-2H3,(H2,17,18,19);1H. The summed E-state index contributed by atoms with van der Waals surface area (Å²) in [5.74, 6) is 2.10. The van der Waals surface area contributed by atoms with E-state index in [0.29, 0.717) is 30.8 Å². The zero-order chi connectivity index (χ0) is 16.3. The molecule has 1 aromatic heterocycles. The van der Waals surface area contributed by atoms with Gasteiger partial charge in [-0.15, -0.1) is 24.0 Å². The molecule has 0 saturated heterocycles. The number of ether oxygens (including phenoxy) is 1. The Morgan fingerprint density at radius 3 is 2.67 bits per heavy atom. The van der Waals surface area contributed by atoms with Crippen molar-refractivity contribution in [2.24, 2.45) is 4.99 Å². The molecule has 0 unspecified atom stereocenters. The largest absolute Gasteiger partial charge is 0.378 e. The molecule has 1 aliphatic rings. The third-order valence-electron chi connectivity index (χ3n) is 3.94. The summed E-state index contributed by atoms with van der Waals surface area (Å²) in [7, 11) is 1.77. The van der Waals surface area contributed by atoms with Crippen molar-refractivity contribution < 1.29 is 9.26 Å². The van der Waals surface area contributed by atoms with Crippen molar-refractivity contribution in [3.63, 3.8) is 0 Å². The Kier molecular flexibility index (Phi) is 11.0. The highest BCUT2D eigenvalue weighted by Gasteiger charge is 2.12. The average molecular weight is 451 g/mol. The number of rotatable bonds is 8. The van der Waals surface area contributed by atoms with Gasteiger partial charge in [-0.25, -0.2) is 0 Å². The van der Waals surface area contributed by atoms with Gasteiger partial charge in [0.2, 0.25) is 5.89 Å². The topological polar surface area (TPSA) is 84.6 Å². The Labute approximate surface area is 161 Å². The van der Waals surface area contributed by atoms with E-state index in [4.69, 9.17) is 9.26 Å². The Morgan fingerprint density at radius 1 is 1.25 bits per heavy atom. The van der Waals surface area contributed by atoms with E-state index in [1.165, 1.54) is 32.1 Å². The maximum Gasteiger partial charge on any atom is 0.228 e. The second-order valence-electron chi connectivity index (χ2n) is 5.90. The van der Waals surface area contributed by atoms with E-state index in [1.54, 1.807) is 7.05 Å². The zero-order valence-corrected chi connectivity index (χ0v) is 17.0. The van der Waals surface area contributed by atoms with Gasteiger partial charge in [0, 0.05) is 33.2 Å². The molecule has 24 heavy (non-hydrogen) atoms. The Hall–Kier alpha value is -0.900. The molecule has 0 radical (unpaired) electrons. The smallest absolute Gasteiger partial charge is 0.228 e. The second-order valence-corrected chi connectivity index (χ2v) is 5.90. The minimum atomic E-state index is 0. The van der Waals surface area contributed by atoms with Crippen LogP contribution in [0, 0.1) is 6.92 Å². The van der Waals surface area contributed by atoms with Gasteiger partial charge in [-0.05, 0) is 26.2 Å². The monoisotopic (exact) mass is 451 g/mol. The van der Waals surface area contributed by atoms with E-state index in [-0.39, 0.29) is 24.0 Å². The first-order valence-corrected chi connectivity index (χ1v) is 8.63. The average Bonchev–Trinajstić information content (AvgIpc) is 2.99. The molecule has 8 heteroatoms. The molecule has 0 amide bonds. The van der Waals surface area contributed by atoms with Gasteiger partial charge in [0.1, 0.15) is 0 Å². The van der Waals surface area contributed by atoms with E-state index in [1.807, 2.05) is 6.92 Å². The summed E-state index contributed by atoms with van der Waals surface area (Å²) in [6.07, 6.45) is 8.62. The predicted octanol–water partition coefficient (Wildman–Crippen LogP) is 2.44. The molecule has 1 aliphatic carbocycles. The molecule has 0 atom stereocenters. The number of aryl methyl sites for hydroxylation is 1. The summed E-state index contributed by atoms with van der Waals surface area (Å²) in [4.78, 5) is 8.37.